The van der Waals surface area contributed by atoms with Gasteiger partial charge in [-0.25, -0.2) is 0 Å². The number of benzene rings is 6. The molecule has 0 atom stereocenters. The van der Waals surface area contributed by atoms with Crippen LogP contribution in [0.1, 0.15) is 29.2 Å². The summed E-state index contributed by atoms with van der Waals surface area (Å²) in [5.41, 5.74) is 13.0. The number of fused-ring (bicyclic) bond motifs is 2. The van der Waals surface area contributed by atoms with Gasteiger partial charge in [0.25, 0.3) is 0 Å². The molecule has 0 nitrogen and oxygen atoms in total. The molecule has 6 rings (SSSR count). The van der Waals surface area contributed by atoms with Gasteiger partial charge in [-0.05, 0) is 111 Å². The van der Waals surface area contributed by atoms with E-state index < -0.39 is 0 Å². The molecule has 0 amide bonds. The summed E-state index contributed by atoms with van der Waals surface area (Å²) in [6, 6.07) is 40.7. The molecule has 0 aliphatic heterocycles. The first-order chi connectivity index (χ1) is 18.0. The lowest BCUT2D eigenvalue weighted by molar-refractivity contribution is 1.14. The zero-order valence-corrected chi connectivity index (χ0v) is 22.1. The molecule has 0 aliphatic rings. The van der Waals surface area contributed by atoms with Crippen LogP contribution in [-0.2, 0) is 6.42 Å². The molecule has 0 heteroatoms. The largest absolute Gasteiger partial charge is 0.0613 e. The van der Waals surface area contributed by atoms with Gasteiger partial charge >= 0.3 is 0 Å². The van der Waals surface area contributed by atoms with Gasteiger partial charge in [0.15, 0.2) is 0 Å². The molecule has 0 heterocycles. The lowest BCUT2D eigenvalue weighted by Crippen LogP contribution is -1.93. The first-order valence-electron chi connectivity index (χ1n) is 13.3. The minimum atomic E-state index is 1.06. The Kier molecular flexibility index (Phi) is 5.89. The Labute approximate surface area is 220 Å². The van der Waals surface area contributed by atoms with E-state index in [4.69, 9.17) is 0 Å². The highest BCUT2D eigenvalue weighted by molar-refractivity contribution is 6.09. The van der Waals surface area contributed by atoms with Gasteiger partial charge < -0.3 is 0 Å². The normalized spacial score (nSPS) is 11.4. The molecule has 37 heavy (non-hydrogen) atoms. The third-order valence-electron chi connectivity index (χ3n) is 7.79. The summed E-state index contributed by atoms with van der Waals surface area (Å²) in [6.45, 7) is 8.84. The van der Waals surface area contributed by atoms with Crippen molar-refractivity contribution in [1.29, 1.82) is 0 Å². The Balaban J connectivity index is 1.60. The molecular weight excluding hydrogens is 444 g/mol. The summed E-state index contributed by atoms with van der Waals surface area (Å²) in [6.07, 6.45) is 1.06. The van der Waals surface area contributed by atoms with Crippen LogP contribution in [0, 0.1) is 20.8 Å². The number of aryl methyl sites for hydroxylation is 4. The van der Waals surface area contributed by atoms with E-state index in [-0.39, 0.29) is 0 Å². The van der Waals surface area contributed by atoms with Gasteiger partial charge in [0, 0.05) is 0 Å². The maximum Gasteiger partial charge on any atom is -0.00670 e. The highest BCUT2D eigenvalue weighted by Crippen LogP contribution is 2.41. The molecule has 0 N–H and O–H groups in total. The van der Waals surface area contributed by atoms with Gasteiger partial charge in [-0.2, -0.15) is 0 Å². The Bertz CT molecular complexity index is 1750. The molecule has 0 radical (unpaired) electrons. The smallest absolute Gasteiger partial charge is 0.00670 e. The average Bonchev–Trinajstić information content (AvgIpc) is 2.93. The summed E-state index contributed by atoms with van der Waals surface area (Å²) in [5, 5.41) is 5.18. The zero-order chi connectivity index (χ0) is 25.5. The fraction of sp³-hybridized carbons (Fsp3) is 0.135. The maximum atomic E-state index is 2.39. The Morgan fingerprint density at radius 1 is 0.432 bits per heavy atom. The van der Waals surface area contributed by atoms with Crippen LogP contribution in [0.2, 0.25) is 0 Å². The van der Waals surface area contributed by atoms with Crippen molar-refractivity contribution in [3.05, 3.63) is 131 Å². The number of rotatable bonds is 4. The van der Waals surface area contributed by atoms with Crippen LogP contribution in [-0.4, -0.2) is 0 Å². The van der Waals surface area contributed by atoms with E-state index in [9.17, 15) is 0 Å². The molecule has 0 unspecified atom stereocenters. The van der Waals surface area contributed by atoms with E-state index in [1.54, 1.807) is 0 Å². The predicted octanol–water partition coefficient (Wildman–Crippen LogP) is 10.5. The summed E-state index contributed by atoms with van der Waals surface area (Å²) in [5.74, 6) is 0. The minimum absolute atomic E-state index is 1.06. The van der Waals surface area contributed by atoms with Crippen molar-refractivity contribution in [3.63, 3.8) is 0 Å². The first-order valence-corrected chi connectivity index (χ1v) is 13.3. The van der Waals surface area contributed by atoms with E-state index in [1.807, 2.05) is 0 Å². The van der Waals surface area contributed by atoms with Gasteiger partial charge in [0.1, 0.15) is 0 Å². The van der Waals surface area contributed by atoms with E-state index in [1.165, 1.54) is 77.2 Å². The van der Waals surface area contributed by atoms with E-state index in [0.717, 1.165) is 6.42 Å². The Hall–Kier alpha value is -4.16. The Morgan fingerprint density at radius 2 is 0.838 bits per heavy atom. The van der Waals surface area contributed by atoms with Crippen LogP contribution in [0.4, 0.5) is 0 Å². The monoisotopic (exact) mass is 476 g/mol. The third-order valence-corrected chi connectivity index (χ3v) is 7.79. The summed E-state index contributed by atoms with van der Waals surface area (Å²) >= 11 is 0. The van der Waals surface area contributed by atoms with Crippen LogP contribution < -0.4 is 0 Å². The molecule has 180 valence electrons. The van der Waals surface area contributed by atoms with Gasteiger partial charge in [-0.3, -0.25) is 0 Å². The van der Waals surface area contributed by atoms with Crippen molar-refractivity contribution < 1.29 is 0 Å². The zero-order valence-electron chi connectivity index (χ0n) is 22.1. The van der Waals surface area contributed by atoms with Crippen molar-refractivity contribution in [3.8, 4) is 33.4 Å². The molecule has 6 aromatic carbocycles. The van der Waals surface area contributed by atoms with Crippen LogP contribution in [0.5, 0.6) is 0 Å². The van der Waals surface area contributed by atoms with Crippen molar-refractivity contribution in [2.24, 2.45) is 0 Å². The van der Waals surface area contributed by atoms with E-state index in [2.05, 4.69) is 137 Å². The minimum Gasteiger partial charge on any atom is -0.0613 e. The second-order valence-corrected chi connectivity index (χ2v) is 10.3. The van der Waals surface area contributed by atoms with Crippen molar-refractivity contribution in [2.75, 3.05) is 0 Å². The molecule has 0 aliphatic carbocycles. The summed E-state index contributed by atoms with van der Waals surface area (Å²) < 4.78 is 0. The molecule has 6 aromatic rings. The fourth-order valence-electron chi connectivity index (χ4n) is 5.56. The van der Waals surface area contributed by atoms with Crippen LogP contribution in [0.25, 0.3) is 54.9 Å². The highest BCUT2D eigenvalue weighted by atomic mass is 14.2. The van der Waals surface area contributed by atoms with Crippen LogP contribution in [0.15, 0.2) is 109 Å². The fourth-order valence-corrected chi connectivity index (χ4v) is 5.56. The lowest BCUT2D eigenvalue weighted by Gasteiger charge is -2.18. The van der Waals surface area contributed by atoms with Gasteiger partial charge in [-0.1, -0.05) is 110 Å². The van der Waals surface area contributed by atoms with E-state index in [0.29, 0.717) is 0 Å². The standard InChI is InChI=1S/C37H32/c1-5-27-10-16-29(17-11-27)33-21-19-31-15-9-26(4)37(35(31)23-33)36-25(3)8-14-30-18-20-32(22-34(30)36)28-12-6-24(2)7-13-28/h6-23H,5H2,1-4H3. The van der Waals surface area contributed by atoms with Gasteiger partial charge in [0.05, 0.1) is 0 Å². The molecular formula is C37H32. The second-order valence-electron chi connectivity index (χ2n) is 10.3. The van der Waals surface area contributed by atoms with Crippen molar-refractivity contribution in [1.82, 2.24) is 0 Å². The highest BCUT2D eigenvalue weighted by Gasteiger charge is 2.15. The number of hydrogen-bond donors (Lipinski definition) is 0. The molecule has 0 saturated carbocycles. The van der Waals surface area contributed by atoms with Crippen molar-refractivity contribution in [2.45, 2.75) is 34.1 Å². The average molecular weight is 477 g/mol. The second kappa shape index (κ2) is 9.37. The quantitative estimate of drug-likeness (QED) is 0.237. The van der Waals surface area contributed by atoms with Gasteiger partial charge in [-0.15, -0.1) is 0 Å². The maximum absolute atomic E-state index is 2.39. The summed E-state index contributed by atoms with van der Waals surface area (Å²) in [4.78, 5) is 0. The van der Waals surface area contributed by atoms with Crippen LogP contribution in [0.3, 0.4) is 0 Å². The molecule has 0 saturated heterocycles. The number of hydrogen-bond acceptors (Lipinski definition) is 0. The summed E-state index contributed by atoms with van der Waals surface area (Å²) in [7, 11) is 0. The predicted molar refractivity (Wildman–Crippen MR) is 161 cm³/mol. The SMILES string of the molecule is CCc1ccc(-c2ccc3ccc(C)c(-c4c(C)ccc5ccc(-c6ccc(C)cc6)cc45)c3c2)cc1. The topological polar surface area (TPSA) is 0 Å². The third kappa shape index (κ3) is 4.23. The van der Waals surface area contributed by atoms with Crippen molar-refractivity contribution >= 4 is 21.5 Å². The molecule has 0 fully saturated rings. The van der Waals surface area contributed by atoms with Gasteiger partial charge in [0.2, 0.25) is 0 Å². The molecule has 0 bridgehead atoms. The molecule has 0 aromatic heterocycles. The Morgan fingerprint density at radius 3 is 1.30 bits per heavy atom. The lowest BCUT2D eigenvalue weighted by atomic mass is 9.86. The first kappa shape index (κ1) is 23.3. The molecule has 0 spiro atoms. The van der Waals surface area contributed by atoms with Crippen LogP contribution >= 0.6 is 0 Å². The van der Waals surface area contributed by atoms with E-state index >= 15 is 0 Å².